The number of aromatic nitrogens is 2. The van der Waals surface area contributed by atoms with Crippen LogP contribution in [0.15, 0.2) is 18.5 Å². The molecule has 0 saturated carbocycles. The molecule has 2 aliphatic rings. The predicted molar refractivity (Wildman–Crippen MR) is 96.0 cm³/mol. The van der Waals surface area contributed by atoms with E-state index >= 15 is 0 Å². The largest absolute Gasteiger partial charge is 0.486 e. The smallest absolute Gasteiger partial charge is 0.168 e. The van der Waals surface area contributed by atoms with Crippen LogP contribution in [-0.4, -0.2) is 66.4 Å². The van der Waals surface area contributed by atoms with Gasteiger partial charge in [0.2, 0.25) is 0 Å². The van der Waals surface area contributed by atoms with Crippen LogP contribution in [0.25, 0.3) is 10.9 Å². The molecule has 2 aromatic rings. The molecule has 0 bridgehead atoms. The highest BCUT2D eigenvalue weighted by atomic mass is 32.1. The van der Waals surface area contributed by atoms with Gasteiger partial charge in [-0.1, -0.05) is 0 Å². The second-order valence-corrected chi connectivity index (χ2v) is 6.13. The van der Waals surface area contributed by atoms with E-state index in [-0.39, 0.29) is 0 Å². The van der Waals surface area contributed by atoms with Gasteiger partial charge in [-0.3, -0.25) is 0 Å². The Morgan fingerprint density at radius 1 is 1.08 bits per heavy atom. The van der Waals surface area contributed by atoms with E-state index in [4.69, 9.17) is 21.7 Å². The van der Waals surface area contributed by atoms with E-state index in [1.54, 1.807) is 6.33 Å². The quantitative estimate of drug-likeness (QED) is 0.769. The lowest BCUT2D eigenvalue weighted by Crippen LogP contribution is -2.51. The summed E-state index contributed by atoms with van der Waals surface area (Å²) in [5.41, 5.74) is 0.873. The molecule has 24 heavy (non-hydrogen) atoms. The zero-order chi connectivity index (χ0) is 16.5. The Hall–Kier alpha value is -2.35. The van der Waals surface area contributed by atoms with Gasteiger partial charge in [-0.05, 0) is 18.3 Å². The first-order valence-corrected chi connectivity index (χ1v) is 8.43. The fourth-order valence-corrected chi connectivity index (χ4v) is 3.29. The maximum atomic E-state index is 5.70. The van der Waals surface area contributed by atoms with Crippen LogP contribution in [0.4, 0.5) is 5.82 Å². The highest BCUT2D eigenvalue weighted by molar-refractivity contribution is 7.80. The summed E-state index contributed by atoms with van der Waals surface area (Å²) in [7, 11) is 1.86. The summed E-state index contributed by atoms with van der Waals surface area (Å²) < 4.78 is 11.3. The summed E-state index contributed by atoms with van der Waals surface area (Å²) in [6.07, 6.45) is 1.61. The minimum absolute atomic E-state index is 0.571. The van der Waals surface area contributed by atoms with Crippen molar-refractivity contribution in [1.82, 2.24) is 20.2 Å². The van der Waals surface area contributed by atoms with Gasteiger partial charge in [0.25, 0.3) is 0 Å². The lowest BCUT2D eigenvalue weighted by Gasteiger charge is -2.36. The number of anilines is 1. The Bertz CT molecular complexity index is 776. The molecule has 3 heterocycles. The molecule has 0 atom stereocenters. The van der Waals surface area contributed by atoms with Gasteiger partial charge in [0, 0.05) is 44.7 Å². The molecule has 7 nitrogen and oxygen atoms in total. The fourth-order valence-electron chi connectivity index (χ4n) is 3.11. The van der Waals surface area contributed by atoms with Gasteiger partial charge < -0.3 is 24.6 Å². The molecule has 0 amide bonds. The van der Waals surface area contributed by atoms with Gasteiger partial charge in [-0.15, -0.1) is 0 Å². The van der Waals surface area contributed by atoms with Crippen LogP contribution in [0.5, 0.6) is 11.5 Å². The summed E-state index contributed by atoms with van der Waals surface area (Å²) >= 11 is 5.31. The van der Waals surface area contributed by atoms with Crippen molar-refractivity contribution in [3.8, 4) is 11.5 Å². The second-order valence-electron chi connectivity index (χ2n) is 5.74. The monoisotopic (exact) mass is 345 g/mol. The lowest BCUT2D eigenvalue weighted by atomic mass is 10.2. The van der Waals surface area contributed by atoms with Crippen molar-refractivity contribution in [2.75, 3.05) is 51.3 Å². The van der Waals surface area contributed by atoms with Gasteiger partial charge in [0.1, 0.15) is 25.4 Å². The Morgan fingerprint density at radius 2 is 1.79 bits per heavy atom. The van der Waals surface area contributed by atoms with Crippen molar-refractivity contribution < 1.29 is 9.47 Å². The summed E-state index contributed by atoms with van der Waals surface area (Å²) in [5, 5.41) is 4.82. The number of hydrogen-bond donors (Lipinski definition) is 1. The molecule has 0 spiro atoms. The molecular weight excluding hydrogens is 326 g/mol. The first-order chi connectivity index (χ1) is 11.8. The first-order valence-electron chi connectivity index (χ1n) is 8.02. The fraction of sp³-hybridized carbons (Fsp3) is 0.438. The average molecular weight is 345 g/mol. The van der Waals surface area contributed by atoms with Crippen LogP contribution in [0.2, 0.25) is 0 Å². The van der Waals surface area contributed by atoms with E-state index in [0.717, 1.165) is 59.5 Å². The third kappa shape index (κ3) is 2.66. The Balaban J connectivity index is 1.64. The van der Waals surface area contributed by atoms with Gasteiger partial charge >= 0.3 is 0 Å². The summed E-state index contributed by atoms with van der Waals surface area (Å²) in [5.74, 6) is 2.45. The molecule has 0 unspecified atom stereocenters. The molecule has 0 radical (unpaired) electrons. The Morgan fingerprint density at radius 3 is 2.50 bits per heavy atom. The zero-order valence-corrected chi connectivity index (χ0v) is 14.3. The summed E-state index contributed by atoms with van der Waals surface area (Å²) in [6, 6.07) is 3.92. The van der Waals surface area contributed by atoms with Crippen LogP contribution < -0.4 is 19.7 Å². The van der Waals surface area contributed by atoms with E-state index in [9.17, 15) is 0 Å². The van der Waals surface area contributed by atoms with Crippen molar-refractivity contribution >= 4 is 34.1 Å². The van der Waals surface area contributed by atoms with Crippen molar-refractivity contribution in [1.29, 1.82) is 0 Å². The average Bonchev–Trinajstić information content (AvgIpc) is 2.65. The van der Waals surface area contributed by atoms with Crippen molar-refractivity contribution in [2.45, 2.75) is 0 Å². The minimum atomic E-state index is 0.571. The first kappa shape index (κ1) is 15.2. The van der Waals surface area contributed by atoms with Crippen LogP contribution in [0, 0.1) is 0 Å². The van der Waals surface area contributed by atoms with E-state index in [1.165, 1.54) is 0 Å². The van der Waals surface area contributed by atoms with Crippen LogP contribution >= 0.6 is 12.2 Å². The number of fused-ring (bicyclic) bond motifs is 2. The van der Waals surface area contributed by atoms with Crippen molar-refractivity contribution in [3.05, 3.63) is 18.5 Å². The van der Waals surface area contributed by atoms with Gasteiger partial charge in [-0.2, -0.15) is 0 Å². The third-order valence-corrected chi connectivity index (χ3v) is 4.82. The maximum Gasteiger partial charge on any atom is 0.168 e. The number of benzene rings is 1. The molecule has 1 saturated heterocycles. The molecule has 1 aromatic carbocycles. The van der Waals surface area contributed by atoms with Crippen LogP contribution in [-0.2, 0) is 0 Å². The lowest BCUT2D eigenvalue weighted by molar-refractivity contribution is 0.172. The number of piperazine rings is 1. The standard InChI is InChI=1S/C16H19N5O2S/c1-17-16(24)21-4-2-20(3-5-21)15-11-8-13-14(23-7-6-22-13)9-12(11)18-10-19-15/h8-10H,2-7H2,1H3,(H,17,24). The Kier molecular flexibility index (Phi) is 3.97. The molecule has 126 valence electrons. The molecule has 0 aliphatic carbocycles. The Labute approximate surface area is 145 Å². The molecule has 4 rings (SSSR count). The molecule has 2 aliphatic heterocycles. The minimum Gasteiger partial charge on any atom is -0.486 e. The topological polar surface area (TPSA) is 62.8 Å². The summed E-state index contributed by atoms with van der Waals surface area (Å²) in [6.45, 7) is 4.61. The number of nitrogens with zero attached hydrogens (tertiary/aromatic N) is 4. The van der Waals surface area contributed by atoms with Gasteiger partial charge in [-0.25, -0.2) is 9.97 Å². The molecular formula is C16H19N5O2S. The SMILES string of the molecule is CNC(=S)N1CCN(c2ncnc3cc4c(cc23)OCCO4)CC1. The second kappa shape index (κ2) is 6.27. The van der Waals surface area contributed by atoms with E-state index in [1.807, 2.05) is 19.2 Å². The zero-order valence-electron chi connectivity index (χ0n) is 13.5. The molecule has 1 fully saturated rings. The maximum absolute atomic E-state index is 5.70. The predicted octanol–water partition coefficient (Wildman–Crippen LogP) is 1.03. The number of hydrogen-bond acceptors (Lipinski definition) is 6. The number of rotatable bonds is 1. The van der Waals surface area contributed by atoms with E-state index in [0.29, 0.717) is 13.2 Å². The number of thiocarbonyl (C=S) groups is 1. The summed E-state index contributed by atoms with van der Waals surface area (Å²) in [4.78, 5) is 13.4. The van der Waals surface area contributed by atoms with Crippen molar-refractivity contribution in [2.24, 2.45) is 0 Å². The molecule has 8 heteroatoms. The van der Waals surface area contributed by atoms with Gasteiger partial charge in [0.05, 0.1) is 5.52 Å². The molecule has 1 aromatic heterocycles. The third-order valence-electron chi connectivity index (χ3n) is 4.36. The van der Waals surface area contributed by atoms with Gasteiger partial charge in [0.15, 0.2) is 16.6 Å². The molecule has 1 N–H and O–H groups in total. The van der Waals surface area contributed by atoms with Crippen LogP contribution in [0.1, 0.15) is 0 Å². The number of nitrogens with one attached hydrogen (secondary N) is 1. The van der Waals surface area contributed by atoms with Crippen LogP contribution in [0.3, 0.4) is 0 Å². The van der Waals surface area contributed by atoms with E-state index in [2.05, 4.69) is 25.1 Å². The number of ether oxygens (including phenoxy) is 2. The normalized spacial score (nSPS) is 17.0. The van der Waals surface area contributed by atoms with Crippen molar-refractivity contribution in [3.63, 3.8) is 0 Å². The highest BCUT2D eigenvalue weighted by Crippen LogP contribution is 2.36. The highest BCUT2D eigenvalue weighted by Gasteiger charge is 2.22. The van der Waals surface area contributed by atoms with E-state index < -0.39 is 0 Å².